The van der Waals surface area contributed by atoms with Crippen molar-refractivity contribution in [2.75, 3.05) is 20.2 Å². The molecule has 0 aliphatic heterocycles. The molecule has 2 N–H and O–H groups in total. The molecular formula is C19H30N2O3. The topological polar surface area (TPSA) is 59.6 Å². The van der Waals surface area contributed by atoms with Crippen LogP contribution in [0.25, 0.3) is 0 Å². The van der Waals surface area contributed by atoms with Crippen molar-refractivity contribution >= 4 is 6.09 Å². The minimum absolute atomic E-state index is 0.351. The van der Waals surface area contributed by atoms with E-state index in [1.165, 1.54) is 18.4 Å². The van der Waals surface area contributed by atoms with Crippen molar-refractivity contribution in [1.82, 2.24) is 10.6 Å². The van der Waals surface area contributed by atoms with Crippen LogP contribution in [0, 0.1) is 5.92 Å². The van der Waals surface area contributed by atoms with Gasteiger partial charge in [-0.2, -0.15) is 0 Å². The van der Waals surface area contributed by atoms with E-state index in [0.29, 0.717) is 12.6 Å². The van der Waals surface area contributed by atoms with Crippen LogP contribution in [-0.4, -0.2) is 31.9 Å². The fourth-order valence-corrected chi connectivity index (χ4v) is 2.65. The molecule has 5 nitrogen and oxygen atoms in total. The van der Waals surface area contributed by atoms with Crippen LogP contribution < -0.4 is 15.4 Å². The van der Waals surface area contributed by atoms with E-state index >= 15 is 0 Å². The lowest BCUT2D eigenvalue weighted by atomic mass is 10.0. The number of hydrogen-bond acceptors (Lipinski definition) is 4. The maximum Gasteiger partial charge on any atom is 0.407 e. The lowest BCUT2D eigenvalue weighted by Crippen LogP contribution is -2.34. The zero-order chi connectivity index (χ0) is 17.6. The van der Waals surface area contributed by atoms with E-state index in [1.807, 2.05) is 32.9 Å². The Morgan fingerprint density at radius 1 is 1.21 bits per heavy atom. The molecule has 0 heterocycles. The SMILES string of the molecule is COc1ccc(C(NCCCNC(=O)OC(C)(C)C)C2CC2)cc1. The van der Waals surface area contributed by atoms with Gasteiger partial charge in [0.1, 0.15) is 11.4 Å². The average molecular weight is 334 g/mol. The maximum absolute atomic E-state index is 11.6. The Morgan fingerprint density at radius 2 is 1.88 bits per heavy atom. The number of hydrogen-bond donors (Lipinski definition) is 2. The highest BCUT2D eigenvalue weighted by Gasteiger charge is 2.31. The zero-order valence-corrected chi connectivity index (χ0v) is 15.2. The Bertz CT molecular complexity index is 518. The van der Waals surface area contributed by atoms with Gasteiger partial charge in [-0.25, -0.2) is 4.79 Å². The predicted molar refractivity (Wildman–Crippen MR) is 95.3 cm³/mol. The summed E-state index contributed by atoms with van der Waals surface area (Å²) in [6.45, 7) is 7.07. The number of carbonyl (C=O) groups excluding carboxylic acids is 1. The quantitative estimate of drug-likeness (QED) is 0.713. The molecule has 1 aliphatic carbocycles. The number of alkyl carbamates (subject to hydrolysis) is 1. The first-order valence-electron chi connectivity index (χ1n) is 8.73. The second-order valence-electron chi connectivity index (χ2n) is 7.32. The number of amides is 1. The number of ether oxygens (including phenoxy) is 2. The molecule has 0 bridgehead atoms. The van der Waals surface area contributed by atoms with E-state index < -0.39 is 5.60 Å². The fraction of sp³-hybridized carbons (Fsp3) is 0.632. The van der Waals surface area contributed by atoms with Crippen LogP contribution in [-0.2, 0) is 4.74 Å². The highest BCUT2D eigenvalue weighted by Crippen LogP contribution is 2.41. The molecule has 0 radical (unpaired) electrons. The Kier molecular flexibility index (Phi) is 6.49. The van der Waals surface area contributed by atoms with Crippen molar-refractivity contribution in [3.63, 3.8) is 0 Å². The molecule has 24 heavy (non-hydrogen) atoms. The molecule has 5 heteroatoms. The Morgan fingerprint density at radius 3 is 2.42 bits per heavy atom. The monoisotopic (exact) mass is 334 g/mol. The van der Waals surface area contributed by atoms with Gasteiger partial charge in [-0.05, 0) is 70.2 Å². The van der Waals surface area contributed by atoms with Gasteiger partial charge in [0, 0.05) is 12.6 Å². The number of benzene rings is 1. The third-order valence-electron chi connectivity index (χ3n) is 3.95. The van der Waals surface area contributed by atoms with Crippen molar-refractivity contribution in [2.45, 2.75) is 51.7 Å². The average Bonchev–Trinajstić information content (AvgIpc) is 3.34. The van der Waals surface area contributed by atoms with E-state index in [1.54, 1.807) is 7.11 Å². The summed E-state index contributed by atoms with van der Waals surface area (Å²) in [7, 11) is 1.68. The molecule has 134 valence electrons. The van der Waals surface area contributed by atoms with Crippen LogP contribution in [0.4, 0.5) is 4.79 Å². The summed E-state index contributed by atoms with van der Waals surface area (Å²) in [5, 5.41) is 6.42. The van der Waals surface area contributed by atoms with Crippen molar-refractivity contribution in [2.24, 2.45) is 5.92 Å². The molecule has 2 rings (SSSR count). The first-order chi connectivity index (χ1) is 11.4. The summed E-state index contributed by atoms with van der Waals surface area (Å²) in [5.41, 5.74) is 0.853. The lowest BCUT2D eigenvalue weighted by Gasteiger charge is -2.21. The van der Waals surface area contributed by atoms with E-state index in [4.69, 9.17) is 9.47 Å². The second kappa shape index (κ2) is 8.38. The summed E-state index contributed by atoms with van der Waals surface area (Å²) in [5.74, 6) is 1.60. The highest BCUT2D eigenvalue weighted by molar-refractivity contribution is 5.67. The molecule has 0 spiro atoms. The van der Waals surface area contributed by atoms with E-state index in [0.717, 1.165) is 24.6 Å². The molecule has 1 aliphatic rings. The molecule has 1 atom stereocenters. The Hall–Kier alpha value is -1.75. The fourth-order valence-electron chi connectivity index (χ4n) is 2.65. The summed E-state index contributed by atoms with van der Waals surface area (Å²) >= 11 is 0. The molecule has 1 aromatic rings. The maximum atomic E-state index is 11.6. The first kappa shape index (κ1) is 18.6. The van der Waals surface area contributed by atoms with Gasteiger partial charge in [-0.1, -0.05) is 12.1 Å². The first-order valence-corrected chi connectivity index (χ1v) is 8.73. The van der Waals surface area contributed by atoms with Crippen LogP contribution in [0.1, 0.15) is 51.6 Å². The minimum atomic E-state index is -0.451. The molecule has 0 aromatic heterocycles. The normalized spacial score (nSPS) is 15.7. The summed E-state index contributed by atoms with van der Waals surface area (Å²) in [4.78, 5) is 11.6. The van der Waals surface area contributed by atoms with Gasteiger partial charge in [0.15, 0.2) is 0 Å². The van der Waals surface area contributed by atoms with Gasteiger partial charge in [0.25, 0.3) is 0 Å². The van der Waals surface area contributed by atoms with E-state index in [9.17, 15) is 4.79 Å². The second-order valence-corrected chi connectivity index (χ2v) is 7.32. The van der Waals surface area contributed by atoms with Crippen LogP contribution in [0.5, 0.6) is 5.75 Å². The molecule has 1 aromatic carbocycles. The van der Waals surface area contributed by atoms with Gasteiger partial charge in [-0.15, -0.1) is 0 Å². The Balaban J connectivity index is 1.71. The van der Waals surface area contributed by atoms with Crippen LogP contribution in [0.3, 0.4) is 0 Å². The minimum Gasteiger partial charge on any atom is -0.497 e. The number of methoxy groups -OCH3 is 1. The molecule has 1 fully saturated rings. The van der Waals surface area contributed by atoms with Gasteiger partial charge in [-0.3, -0.25) is 0 Å². The van der Waals surface area contributed by atoms with Crippen molar-refractivity contribution in [3.05, 3.63) is 29.8 Å². The molecular weight excluding hydrogens is 304 g/mol. The van der Waals surface area contributed by atoms with Gasteiger partial charge in [0.2, 0.25) is 0 Å². The van der Waals surface area contributed by atoms with Crippen molar-refractivity contribution < 1.29 is 14.3 Å². The standard InChI is InChI=1S/C19H30N2O3/c1-19(2,3)24-18(22)21-13-5-12-20-17(14-6-7-14)15-8-10-16(23-4)11-9-15/h8-11,14,17,20H,5-7,12-13H2,1-4H3,(H,21,22). The van der Waals surface area contributed by atoms with Crippen molar-refractivity contribution in [1.29, 1.82) is 0 Å². The zero-order valence-electron chi connectivity index (χ0n) is 15.2. The summed E-state index contributed by atoms with van der Waals surface area (Å²) < 4.78 is 10.4. The third-order valence-corrected chi connectivity index (χ3v) is 3.95. The smallest absolute Gasteiger partial charge is 0.407 e. The summed E-state index contributed by atoms with van der Waals surface area (Å²) in [6, 6.07) is 8.67. The van der Waals surface area contributed by atoms with Crippen LogP contribution in [0.2, 0.25) is 0 Å². The highest BCUT2D eigenvalue weighted by atomic mass is 16.6. The predicted octanol–water partition coefficient (Wildman–Crippen LogP) is 3.65. The number of carbonyl (C=O) groups is 1. The summed E-state index contributed by atoms with van der Waals surface area (Å²) in [6.07, 6.45) is 3.08. The number of rotatable bonds is 8. The molecule has 1 amide bonds. The van der Waals surface area contributed by atoms with Gasteiger partial charge >= 0.3 is 6.09 Å². The van der Waals surface area contributed by atoms with Gasteiger partial charge in [0.05, 0.1) is 7.11 Å². The van der Waals surface area contributed by atoms with Crippen LogP contribution in [0.15, 0.2) is 24.3 Å². The number of nitrogens with one attached hydrogen (secondary N) is 2. The van der Waals surface area contributed by atoms with Gasteiger partial charge < -0.3 is 20.1 Å². The van der Waals surface area contributed by atoms with E-state index in [-0.39, 0.29) is 6.09 Å². The molecule has 1 saturated carbocycles. The van der Waals surface area contributed by atoms with Crippen LogP contribution >= 0.6 is 0 Å². The molecule has 1 unspecified atom stereocenters. The largest absolute Gasteiger partial charge is 0.497 e. The van der Waals surface area contributed by atoms with Crippen molar-refractivity contribution in [3.8, 4) is 5.75 Å². The third kappa shape index (κ3) is 6.40. The molecule has 0 saturated heterocycles. The Labute approximate surface area is 145 Å². The lowest BCUT2D eigenvalue weighted by molar-refractivity contribution is 0.0527. The van der Waals surface area contributed by atoms with E-state index in [2.05, 4.69) is 22.8 Å².